The number of urea groups is 1. The molecule has 0 spiro atoms. The number of aromatic nitrogens is 4. The number of rotatable bonds is 3. The summed E-state index contributed by atoms with van der Waals surface area (Å²) in [6.45, 7) is 8.09. The normalized spacial score (nSPS) is 13.5. The first-order valence-electron chi connectivity index (χ1n) is 10.6. The molecule has 0 aliphatic heterocycles. The first kappa shape index (κ1) is 20.8. The van der Waals surface area contributed by atoms with Crippen LogP contribution in [0.15, 0.2) is 35.1 Å². The molecule has 1 aliphatic rings. The summed E-state index contributed by atoms with van der Waals surface area (Å²) < 4.78 is 1.51. The SMILES string of the molecule is Cc1cccc(NC(=O)Nc2cc(C(C)(C)C)nn2-c2nc3c(c(=O)[nH]2)CCCC3)c1. The first-order valence-corrected chi connectivity index (χ1v) is 10.6. The summed E-state index contributed by atoms with van der Waals surface area (Å²) in [5.74, 6) is 0.751. The van der Waals surface area contributed by atoms with E-state index in [0.29, 0.717) is 17.5 Å². The summed E-state index contributed by atoms with van der Waals surface area (Å²) in [5.41, 5.74) is 3.70. The van der Waals surface area contributed by atoms with Crippen LogP contribution in [0.1, 0.15) is 56.1 Å². The molecule has 31 heavy (non-hydrogen) atoms. The van der Waals surface area contributed by atoms with E-state index in [1.807, 2.05) is 58.0 Å². The summed E-state index contributed by atoms with van der Waals surface area (Å²) >= 11 is 0. The molecule has 3 N–H and O–H groups in total. The molecule has 4 rings (SSSR count). The van der Waals surface area contributed by atoms with E-state index in [0.717, 1.165) is 48.2 Å². The lowest BCUT2D eigenvalue weighted by Gasteiger charge is -2.16. The molecule has 0 atom stereocenters. The van der Waals surface area contributed by atoms with E-state index < -0.39 is 6.03 Å². The molecule has 2 heterocycles. The van der Waals surface area contributed by atoms with Gasteiger partial charge in [-0.3, -0.25) is 15.1 Å². The van der Waals surface area contributed by atoms with Crippen molar-refractivity contribution in [1.29, 1.82) is 0 Å². The highest BCUT2D eigenvalue weighted by Crippen LogP contribution is 2.26. The lowest BCUT2D eigenvalue weighted by Crippen LogP contribution is -2.26. The molecule has 162 valence electrons. The predicted molar refractivity (Wildman–Crippen MR) is 121 cm³/mol. The van der Waals surface area contributed by atoms with Gasteiger partial charge < -0.3 is 5.32 Å². The number of aryl methyl sites for hydroxylation is 2. The van der Waals surface area contributed by atoms with Gasteiger partial charge in [-0.05, 0) is 50.3 Å². The Hall–Kier alpha value is -3.42. The largest absolute Gasteiger partial charge is 0.324 e. The summed E-state index contributed by atoms with van der Waals surface area (Å²) in [6, 6.07) is 8.98. The molecule has 1 aromatic carbocycles. The van der Waals surface area contributed by atoms with Crippen LogP contribution < -0.4 is 16.2 Å². The van der Waals surface area contributed by atoms with E-state index >= 15 is 0 Å². The topological polar surface area (TPSA) is 105 Å². The maximum atomic E-state index is 12.7. The van der Waals surface area contributed by atoms with Crippen molar-refractivity contribution in [3.63, 3.8) is 0 Å². The second kappa shape index (κ2) is 8.02. The van der Waals surface area contributed by atoms with Crippen molar-refractivity contribution < 1.29 is 4.79 Å². The van der Waals surface area contributed by atoms with Crippen molar-refractivity contribution in [2.75, 3.05) is 10.6 Å². The number of H-pyrrole nitrogens is 1. The molecule has 0 bridgehead atoms. The number of hydrogen-bond donors (Lipinski definition) is 3. The quantitative estimate of drug-likeness (QED) is 0.594. The lowest BCUT2D eigenvalue weighted by molar-refractivity contribution is 0.262. The fourth-order valence-electron chi connectivity index (χ4n) is 3.69. The molecular weight excluding hydrogens is 392 g/mol. The molecule has 0 fully saturated rings. The van der Waals surface area contributed by atoms with Gasteiger partial charge in [0.05, 0.1) is 11.4 Å². The third-order valence-electron chi connectivity index (χ3n) is 5.37. The van der Waals surface area contributed by atoms with Crippen molar-refractivity contribution in [1.82, 2.24) is 19.7 Å². The predicted octanol–water partition coefficient (Wildman–Crippen LogP) is 4.08. The first-order chi connectivity index (χ1) is 14.7. The van der Waals surface area contributed by atoms with Gasteiger partial charge in [-0.2, -0.15) is 9.78 Å². The monoisotopic (exact) mass is 420 g/mol. The van der Waals surface area contributed by atoms with Crippen LogP contribution in [-0.4, -0.2) is 25.8 Å². The van der Waals surface area contributed by atoms with E-state index in [1.54, 1.807) is 0 Å². The number of fused-ring (bicyclic) bond motifs is 1. The Labute approximate surface area is 181 Å². The number of anilines is 2. The number of nitrogens with zero attached hydrogens (tertiary/aromatic N) is 3. The minimum atomic E-state index is -0.396. The molecule has 0 saturated heterocycles. The van der Waals surface area contributed by atoms with Crippen molar-refractivity contribution in [3.05, 3.63) is 63.2 Å². The van der Waals surface area contributed by atoms with Crippen LogP contribution in [0.25, 0.3) is 5.95 Å². The van der Waals surface area contributed by atoms with Crippen LogP contribution in [0.5, 0.6) is 0 Å². The smallest absolute Gasteiger partial charge is 0.308 e. The van der Waals surface area contributed by atoms with Gasteiger partial charge in [-0.15, -0.1) is 0 Å². The molecule has 8 heteroatoms. The highest BCUT2D eigenvalue weighted by Gasteiger charge is 2.24. The Morgan fingerprint density at radius 1 is 1.13 bits per heavy atom. The second-order valence-corrected chi connectivity index (χ2v) is 9.05. The zero-order valence-corrected chi connectivity index (χ0v) is 18.4. The van der Waals surface area contributed by atoms with Gasteiger partial charge in [0.15, 0.2) is 0 Å². The number of carbonyl (C=O) groups is 1. The molecule has 0 saturated carbocycles. The third kappa shape index (κ3) is 4.52. The molecular formula is C23H28N6O2. The van der Waals surface area contributed by atoms with Crippen molar-refractivity contribution >= 4 is 17.5 Å². The minimum Gasteiger partial charge on any atom is -0.308 e. The van der Waals surface area contributed by atoms with Crippen LogP contribution in [0.3, 0.4) is 0 Å². The third-order valence-corrected chi connectivity index (χ3v) is 5.37. The standard InChI is InChI=1S/C23H28N6O2/c1-14-8-7-9-15(12-14)24-22(31)26-19-13-18(23(2,3)4)28-29(19)21-25-17-11-6-5-10-16(17)20(30)27-21/h7-9,12-13H,5-6,10-11H2,1-4H3,(H2,24,26,31)(H,25,27,30). The van der Waals surface area contributed by atoms with E-state index in [2.05, 4.69) is 25.7 Å². The maximum absolute atomic E-state index is 12.7. The van der Waals surface area contributed by atoms with Gasteiger partial charge in [0.1, 0.15) is 5.82 Å². The van der Waals surface area contributed by atoms with Gasteiger partial charge in [0.2, 0.25) is 5.95 Å². The van der Waals surface area contributed by atoms with Crippen LogP contribution in [0, 0.1) is 6.92 Å². The fourth-order valence-corrected chi connectivity index (χ4v) is 3.69. The molecule has 3 aromatic rings. The van der Waals surface area contributed by atoms with E-state index in [4.69, 9.17) is 0 Å². The van der Waals surface area contributed by atoms with Gasteiger partial charge in [-0.1, -0.05) is 32.9 Å². The lowest BCUT2D eigenvalue weighted by atomic mass is 9.92. The average molecular weight is 421 g/mol. The van der Waals surface area contributed by atoms with Crippen LogP contribution in [-0.2, 0) is 18.3 Å². The number of hydrogen-bond acceptors (Lipinski definition) is 4. The summed E-state index contributed by atoms with van der Waals surface area (Å²) in [5, 5.41) is 10.4. The molecule has 2 amide bonds. The maximum Gasteiger partial charge on any atom is 0.324 e. The number of amides is 2. The van der Waals surface area contributed by atoms with Crippen LogP contribution >= 0.6 is 0 Å². The molecule has 1 aliphatic carbocycles. The van der Waals surface area contributed by atoms with Gasteiger partial charge in [0.25, 0.3) is 5.56 Å². The number of benzene rings is 1. The number of aromatic amines is 1. The van der Waals surface area contributed by atoms with Crippen LogP contribution in [0.4, 0.5) is 16.3 Å². The number of nitrogens with one attached hydrogen (secondary N) is 3. The molecule has 0 radical (unpaired) electrons. The van der Waals surface area contributed by atoms with E-state index in [1.165, 1.54) is 4.68 Å². The zero-order chi connectivity index (χ0) is 22.2. The summed E-state index contributed by atoms with van der Waals surface area (Å²) in [7, 11) is 0. The van der Waals surface area contributed by atoms with Gasteiger partial charge >= 0.3 is 6.03 Å². The Bertz CT molecular complexity index is 1190. The van der Waals surface area contributed by atoms with Crippen molar-refractivity contribution in [3.8, 4) is 5.95 Å². The fraction of sp³-hybridized carbons (Fsp3) is 0.391. The number of carbonyl (C=O) groups excluding carboxylic acids is 1. The average Bonchev–Trinajstić information content (AvgIpc) is 3.12. The second-order valence-electron chi connectivity index (χ2n) is 9.05. The Morgan fingerprint density at radius 3 is 2.65 bits per heavy atom. The highest BCUT2D eigenvalue weighted by atomic mass is 16.2. The Morgan fingerprint density at radius 2 is 1.90 bits per heavy atom. The van der Waals surface area contributed by atoms with E-state index in [-0.39, 0.29) is 11.0 Å². The van der Waals surface area contributed by atoms with Crippen molar-refractivity contribution in [2.45, 2.75) is 58.8 Å². The minimum absolute atomic E-state index is 0.136. The zero-order valence-electron chi connectivity index (χ0n) is 18.4. The summed E-state index contributed by atoms with van der Waals surface area (Å²) in [4.78, 5) is 32.8. The molecule has 2 aromatic heterocycles. The van der Waals surface area contributed by atoms with E-state index in [9.17, 15) is 9.59 Å². The molecule has 0 unspecified atom stereocenters. The van der Waals surface area contributed by atoms with Crippen LogP contribution in [0.2, 0.25) is 0 Å². The highest BCUT2D eigenvalue weighted by molar-refractivity contribution is 5.99. The molecule has 8 nitrogen and oxygen atoms in total. The Kier molecular flexibility index (Phi) is 5.39. The Balaban J connectivity index is 1.70. The summed E-state index contributed by atoms with van der Waals surface area (Å²) in [6.07, 6.45) is 3.53. The van der Waals surface area contributed by atoms with Gasteiger partial charge in [0, 0.05) is 22.7 Å². The van der Waals surface area contributed by atoms with Gasteiger partial charge in [-0.25, -0.2) is 9.78 Å². The van der Waals surface area contributed by atoms with Crippen molar-refractivity contribution in [2.24, 2.45) is 0 Å².